The third-order valence-corrected chi connectivity index (χ3v) is 2.87. The van der Waals surface area contributed by atoms with Crippen LogP contribution in [0, 0.1) is 0 Å². The molecule has 0 saturated carbocycles. The van der Waals surface area contributed by atoms with E-state index in [0.717, 1.165) is 16.7 Å². The molecule has 0 unspecified atom stereocenters. The van der Waals surface area contributed by atoms with Crippen LogP contribution in [0.1, 0.15) is 16.7 Å². The van der Waals surface area contributed by atoms with Gasteiger partial charge in [-0.1, -0.05) is 30.3 Å². The van der Waals surface area contributed by atoms with E-state index in [-0.39, 0.29) is 18.1 Å². The van der Waals surface area contributed by atoms with E-state index in [1.807, 2.05) is 24.3 Å². The molecular formula is C15H17NO3. The molecule has 4 heteroatoms. The van der Waals surface area contributed by atoms with E-state index in [1.165, 1.54) is 12.1 Å². The molecule has 2 aromatic carbocycles. The molecule has 0 atom stereocenters. The van der Waals surface area contributed by atoms with Crippen molar-refractivity contribution in [3.8, 4) is 11.5 Å². The van der Waals surface area contributed by atoms with Gasteiger partial charge in [-0.15, -0.1) is 0 Å². The number of aromatic hydroxyl groups is 2. The molecule has 2 rings (SSSR count). The second-order valence-corrected chi connectivity index (χ2v) is 4.40. The molecule has 0 aromatic heterocycles. The van der Waals surface area contributed by atoms with Crippen molar-refractivity contribution in [1.82, 2.24) is 5.32 Å². The van der Waals surface area contributed by atoms with E-state index >= 15 is 0 Å². The minimum atomic E-state index is -0.112. The van der Waals surface area contributed by atoms with Crippen LogP contribution in [-0.2, 0) is 19.7 Å². The summed E-state index contributed by atoms with van der Waals surface area (Å²) in [4.78, 5) is 0. The molecule has 0 saturated heterocycles. The van der Waals surface area contributed by atoms with Gasteiger partial charge in [0.25, 0.3) is 0 Å². The minimum Gasteiger partial charge on any atom is -0.504 e. The van der Waals surface area contributed by atoms with Crippen LogP contribution in [0.5, 0.6) is 11.5 Å². The largest absolute Gasteiger partial charge is 0.504 e. The SMILES string of the molecule is OCc1cccc(CNCc2ccc(O)c(O)c2)c1. The van der Waals surface area contributed by atoms with Gasteiger partial charge < -0.3 is 20.6 Å². The fraction of sp³-hybridized carbons (Fsp3) is 0.200. The molecule has 4 nitrogen and oxygen atoms in total. The Labute approximate surface area is 112 Å². The van der Waals surface area contributed by atoms with Crippen LogP contribution in [0.3, 0.4) is 0 Å². The lowest BCUT2D eigenvalue weighted by atomic mass is 10.1. The van der Waals surface area contributed by atoms with Crippen LogP contribution in [-0.4, -0.2) is 15.3 Å². The highest BCUT2D eigenvalue weighted by molar-refractivity contribution is 5.40. The maximum atomic E-state index is 9.38. The lowest BCUT2D eigenvalue weighted by Gasteiger charge is -2.07. The van der Waals surface area contributed by atoms with Gasteiger partial charge in [-0.25, -0.2) is 0 Å². The van der Waals surface area contributed by atoms with Crippen molar-refractivity contribution in [3.63, 3.8) is 0 Å². The Kier molecular flexibility index (Phi) is 4.39. The Balaban J connectivity index is 1.90. The van der Waals surface area contributed by atoms with Crippen LogP contribution in [0.2, 0.25) is 0 Å². The highest BCUT2D eigenvalue weighted by atomic mass is 16.3. The topological polar surface area (TPSA) is 72.7 Å². The van der Waals surface area contributed by atoms with Gasteiger partial charge in [0.05, 0.1) is 6.61 Å². The van der Waals surface area contributed by atoms with E-state index in [1.54, 1.807) is 6.07 Å². The van der Waals surface area contributed by atoms with E-state index < -0.39 is 0 Å². The fourth-order valence-electron chi connectivity index (χ4n) is 1.87. The van der Waals surface area contributed by atoms with Crippen LogP contribution >= 0.6 is 0 Å². The summed E-state index contributed by atoms with van der Waals surface area (Å²) >= 11 is 0. The quantitative estimate of drug-likeness (QED) is 0.619. The van der Waals surface area contributed by atoms with Gasteiger partial charge in [0, 0.05) is 13.1 Å². The molecular weight excluding hydrogens is 242 g/mol. The van der Waals surface area contributed by atoms with Crippen LogP contribution in [0.25, 0.3) is 0 Å². The Bertz CT molecular complexity index is 555. The highest BCUT2D eigenvalue weighted by Crippen LogP contribution is 2.24. The summed E-state index contributed by atoms with van der Waals surface area (Å²) in [7, 11) is 0. The van der Waals surface area contributed by atoms with Crippen LogP contribution in [0.4, 0.5) is 0 Å². The first-order valence-electron chi connectivity index (χ1n) is 6.09. The van der Waals surface area contributed by atoms with Gasteiger partial charge in [-0.05, 0) is 28.8 Å². The van der Waals surface area contributed by atoms with Gasteiger partial charge >= 0.3 is 0 Å². The van der Waals surface area contributed by atoms with E-state index in [9.17, 15) is 10.2 Å². The molecule has 19 heavy (non-hydrogen) atoms. The van der Waals surface area contributed by atoms with Crippen LogP contribution in [0.15, 0.2) is 42.5 Å². The molecule has 4 N–H and O–H groups in total. The number of benzene rings is 2. The summed E-state index contributed by atoms with van der Waals surface area (Å²) < 4.78 is 0. The van der Waals surface area contributed by atoms with Gasteiger partial charge in [0.1, 0.15) is 0 Å². The Morgan fingerprint density at radius 1 is 0.789 bits per heavy atom. The highest BCUT2D eigenvalue weighted by Gasteiger charge is 2.01. The predicted octanol–water partition coefficient (Wildman–Crippen LogP) is 1.88. The zero-order valence-corrected chi connectivity index (χ0v) is 10.5. The van der Waals surface area contributed by atoms with Gasteiger partial charge in [0.2, 0.25) is 0 Å². The number of phenolic OH excluding ortho intramolecular Hbond substituents is 2. The van der Waals surface area contributed by atoms with Crippen molar-refractivity contribution in [3.05, 3.63) is 59.2 Å². The summed E-state index contributed by atoms with van der Waals surface area (Å²) in [6.07, 6.45) is 0. The van der Waals surface area contributed by atoms with E-state index in [2.05, 4.69) is 5.32 Å². The van der Waals surface area contributed by atoms with Crippen molar-refractivity contribution in [1.29, 1.82) is 0 Å². The number of hydrogen-bond acceptors (Lipinski definition) is 4. The van der Waals surface area contributed by atoms with E-state index in [4.69, 9.17) is 5.11 Å². The first kappa shape index (κ1) is 13.4. The molecule has 0 aliphatic carbocycles. The number of aliphatic hydroxyl groups excluding tert-OH is 1. The maximum Gasteiger partial charge on any atom is 0.157 e. The molecule has 0 aliphatic heterocycles. The monoisotopic (exact) mass is 259 g/mol. The summed E-state index contributed by atoms with van der Waals surface area (Å²) in [6.45, 7) is 1.31. The molecule has 0 heterocycles. The number of aliphatic hydroxyl groups is 1. The number of phenols is 2. The first-order valence-corrected chi connectivity index (χ1v) is 6.09. The average Bonchev–Trinajstić information content (AvgIpc) is 2.43. The molecule has 0 radical (unpaired) electrons. The Morgan fingerprint density at radius 2 is 1.47 bits per heavy atom. The van der Waals surface area contributed by atoms with Gasteiger partial charge in [-0.3, -0.25) is 0 Å². The standard InChI is InChI=1S/C15H17NO3/c17-10-13-3-1-2-11(6-13)8-16-9-12-4-5-14(18)15(19)7-12/h1-7,16-19H,8-10H2. The number of rotatable bonds is 5. The Hall–Kier alpha value is -2.04. The number of hydrogen-bond donors (Lipinski definition) is 4. The Morgan fingerprint density at radius 3 is 2.16 bits per heavy atom. The molecule has 2 aromatic rings. The third kappa shape index (κ3) is 3.71. The summed E-state index contributed by atoms with van der Waals surface area (Å²) in [5.74, 6) is -0.221. The van der Waals surface area contributed by atoms with Gasteiger partial charge in [0.15, 0.2) is 11.5 Å². The summed E-state index contributed by atoms with van der Waals surface area (Å²) in [5.41, 5.74) is 2.88. The summed E-state index contributed by atoms with van der Waals surface area (Å²) in [6, 6.07) is 12.5. The van der Waals surface area contributed by atoms with Gasteiger partial charge in [-0.2, -0.15) is 0 Å². The second-order valence-electron chi connectivity index (χ2n) is 4.40. The smallest absolute Gasteiger partial charge is 0.157 e. The molecule has 0 amide bonds. The number of nitrogens with one attached hydrogen (secondary N) is 1. The van der Waals surface area contributed by atoms with Crippen molar-refractivity contribution in [2.45, 2.75) is 19.7 Å². The van der Waals surface area contributed by atoms with E-state index in [0.29, 0.717) is 13.1 Å². The first-order chi connectivity index (χ1) is 9.19. The minimum absolute atomic E-state index is 0.0413. The average molecular weight is 259 g/mol. The maximum absolute atomic E-state index is 9.38. The molecule has 100 valence electrons. The zero-order valence-electron chi connectivity index (χ0n) is 10.5. The van der Waals surface area contributed by atoms with Crippen molar-refractivity contribution in [2.24, 2.45) is 0 Å². The lowest BCUT2D eigenvalue weighted by molar-refractivity contribution is 0.281. The normalized spacial score (nSPS) is 10.6. The second kappa shape index (κ2) is 6.22. The van der Waals surface area contributed by atoms with Crippen LogP contribution < -0.4 is 5.32 Å². The molecule has 0 bridgehead atoms. The summed E-state index contributed by atoms with van der Waals surface area (Å²) in [5, 5.41) is 30.9. The van der Waals surface area contributed by atoms with Crippen molar-refractivity contribution >= 4 is 0 Å². The molecule has 0 spiro atoms. The predicted molar refractivity (Wildman–Crippen MR) is 72.7 cm³/mol. The van der Waals surface area contributed by atoms with Crippen molar-refractivity contribution < 1.29 is 15.3 Å². The molecule has 0 fully saturated rings. The fourth-order valence-corrected chi connectivity index (χ4v) is 1.87. The van der Waals surface area contributed by atoms with Crippen molar-refractivity contribution in [2.75, 3.05) is 0 Å². The lowest BCUT2D eigenvalue weighted by Crippen LogP contribution is -2.12. The third-order valence-electron chi connectivity index (χ3n) is 2.87. The molecule has 0 aliphatic rings. The zero-order chi connectivity index (χ0) is 13.7.